The van der Waals surface area contributed by atoms with Gasteiger partial charge in [-0.05, 0) is 12.1 Å². The molecule has 0 bridgehead atoms. The maximum absolute atomic E-state index is 12.5. The third kappa shape index (κ3) is 3.42. The summed E-state index contributed by atoms with van der Waals surface area (Å²) in [6, 6.07) is 5.38. The van der Waals surface area contributed by atoms with Gasteiger partial charge in [0.2, 0.25) is 0 Å². The molecular weight excluding hydrogens is 315 g/mol. The normalized spacial score (nSPS) is 11.6. The third-order valence-corrected chi connectivity index (χ3v) is 3.53. The van der Waals surface area contributed by atoms with Crippen LogP contribution in [0.25, 0.3) is 11.3 Å². The lowest BCUT2D eigenvalue weighted by molar-refractivity contribution is -0.127. The van der Waals surface area contributed by atoms with Crippen LogP contribution in [0.4, 0.5) is 24.1 Å². The molecule has 0 atom stereocenters. The van der Waals surface area contributed by atoms with Crippen molar-refractivity contribution in [3.8, 4) is 11.3 Å². The van der Waals surface area contributed by atoms with Crippen LogP contribution >= 0.6 is 11.3 Å². The van der Waals surface area contributed by atoms with Crippen molar-refractivity contribution >= 4 is 22.3 Å². The lowest BCUT2D eigenvalue weighted by atomic mass is 10.1. The second kappa shape index (κ2) is 5.76. The fourth-order valence-electron chi connectivity index (χ4n) is 1.87. The molecule has 2 N–H and O–H groups in total. The van der Waals surface area contributed by atoms with Gasteiger partial charge < -0.3 is 5.32 Å². The third-order valence-electron chi connectivity index (χ3n) is 2.78. The number of halogens is 3. The summed E-state index contributed by atoms with van der Waals surface area (Å²) in [5, 5.41) is 11.3. The first-order chi connectivity index (χ1) is 10.5. The van der Waals surface area contributed by atoms with E-state index >= 15 is 0 Å². The number of pyridine rings is 1. The van der Waals surface area contributed by atoms with Crippen molar-refractivity contribution in [3.63, 3.8) is 0 Å². The summed E-state index contributed by atoms with van der Waals surface area (Å²) in [6.07, 6.45) is -2.38. The molecular formula is C13H10F3N5S. The molecule has 0 unspecified atom stereocenters. The van der Waals surface area contributed by atoms with Gasteiger partial charge in [-0.2, -0.15) is 18.3 Å². The molecule has 3 aromatic heterocycles. The number of anilines is 2. The highest BCUT2D eigenvalue weighted by atomic mass is 32.1. The fraction of sp³-hybridized carbons (Fsp3) is 0.154. The SMILES string of the molecule is FC(F)(F)Cc1[nH]ncc1-c1csc(Nc2ccccn2)n1. The van der Waals surface area contributed by atoms with E-state index in [0.717, 1.165) is 0 Å². The summed E-state index contributed by atoms with van der Waals surface area (Å²) >= 11 is 1.28. The monoisotopic (exact) mass is 325 g/mol. The number of aromatic nitrogens is 4. The number of nitrogens with zero attached hydrogens (tertiary/aromatic N) is 3. The molecule has 3 heterocycles. The summed E-state index contributed by atoms with van der Waals surface area (Å²) in [5.74, 6) is 0.617. The number of nitrogens with one attached hydrogen (secondary N) is 2. The van der Waals surface area contributed by atoms with Gasteiger partial charge in [0, 0.05) is 17.1 Å². The zero-order chi connectivity index (χ0) is 15.6. The minimum atomic E-state index is -4.30. The summed E-state index contributed by atoms with van der Waals surface area (Å²) in [4.78, 5) is 8.38. The van der Waals surface area contributed by atoms with E-state index in [0.29, 0.717) is 22.2 Å². The molecule has 0 amide bonds. The minimum Gasteiger partial charge on any atom is -0.316 e. The molecule has 0 fully saturated rings. The maximum atomic E-state index is 12.5. The van der Waals surface area contributed by atoms with Crippen LogP contribution < -0.4 is 5.32 Å². The Hall–Kier alpha value is -2.42. The topological polar surface area (TPSA) is 66.5 Å². The number of aromatic amines is 1. The quantitative estimate of drug-likeness (QED) is 0.766. The number of H-pyrrole nitrogens is 1. The molecule has 0 radical (unpaired) electrons. The highest BCUT2D eigenvalue weighted by Crippen LogP contribution is 2.31. The molecule has 0 aliphatic heterocycles. The lowest BCUT2D eigenvalue weighted by Crippen LogP contribution is -2.12. The minimum absolute atomic E-state index is 0.00202. The van der Waals surface area contributed by atoms with Crippen LogP contribution in [0, 0.1) is 0 Å². The van der Waals surface area contributed by atoms with E-state index in [4.69, 9.17) is 0 Å². The van der Waals surface area contributed by atoms with E-state index in [1.807, 2.05) is 6.07 Å². The van der Waals surface area contributed by atoms with Gasteiger partial charge >= 0.3 is 6.18 Å². The highest BCUT2D eigenvalue weighted by molar-refractivity contribution is 7.14. The molecule has 0 spiro atoms. The van der Waals surface area contributed by atoms with Crippen LogP contribution in [0.15, 0.2) is 36.0 Å². The zero-order valence-corrected chi connectivity index (χ0v) is 11.9. The predicted molar refractivity (Wildman–Crippen MR) is 77.0 cm³/mol. The van der Waals surface area contributed by atoms with Gasteiger partial charge in [-0.3, -0.25) is 5.10 Å². The Morgan fingerprint density at radius 2 is 2.14 bits per heavy atom. The van der Waals surface area contributed by atoms with E-state index in [-0.39, 0.29) is 5.69 Å². The van der Waals surface area contributed by atoms with Gasteiger partial charge in [0.25, 0.3) is 0 Å². The van der Waals surface area contributed by atoms with Gasteiger partial charge in [0.1, 0.15) is 5.82 Å². The van der Waals surface area contributed by atoms with Crippen molar-refractivity contribution in [1.82, 2.24) is 20.2 Å². The van der Waals surface area contributed by atoms with Gasteiger partial charge in [0.15, 0.2) is 5.13 Å². The van der Waals surface area contributed by atoms with Crippen molar-refractivity contribution in [2.75, 3.05) is 5.32 Å². The Labute approximate surface area is 127 Å². The van der Waals surface area contributed by atoms with E-state index in [9.17, 15) is 13.2 Å². The van der Waals surface area contributed by atoms with Gasteiger partial charge in [0.05, 0.1) is 24.0 Å². The molecule has 3 rings (SSSR count). The summed E-state index contributed by atoms with van der Waals surface area (Å²) in [6.45, 7) is 0. The molecule has 0 saturated carbocycles. The second-order valence-corrected chi connectivity index (χ2v) is 5.29. The van der Waals surface area contributed by atoms with Crippen molar-refractivity contribution in [2.24, 2.45) is 0 Å². The van der Waals surface area contributed by atoms with E-state index in [1.165, 1.54) is 17.5 Å². The predicted octanol–water partition coefficient (Wildman–Crippen LogP) is 3.78. The first-order valence-electron chi connectivity index (χ1n) is 6.24. The molecule has 0 aliphatic rings. The molecule has 0 aromatic carbocycles. The van der Waals surface area contributed by atoms with Crippen LogP contribution in [0.5, 0.6) is 0 Å². The molecule has 22 heavy (non-hydrogen) atoms. The highest BCUT2D eigenvalue weighted by Gasteiger charge is 2.30. The van der Waals surface area contributed by atoms with E-state index in [1.54, 1.807) is 23.7 Å². The first-order valence-corrected chi connectivity index (χ1v) is 7.12. The van der Waals surface area contributed by atoms with Gasteiger partial charge in [-0.1, -0.05) is 6.07 Å². The summed E-state index contributed by atoms with van der Waals surface area (Å²) in [7, 11) is 0. The van der Waals surface area contributed by atoms with Gasteiger partial charge in [-0.25, -0.2) is 9.97 Å². The second-order valence-electron chi connectivity index (χ2n) is 4.43. The standard InChI is InChI=1S/C13H10F3N5S/c14-13(15,16)5-9-8(6-18-21-9)10-7-22-12(19-10)20-11-3-1-2-4-17-11/h1-4,6-7H,5H2,(H,18,21)(H,17,19,20). The van der Waals surface area contributed by atoms with Crippen molar-refractivity contribution in [1.29, 1.82) is 0 Å². The van der Waals surface area contributed by atoms with E-state index < -0.39 is 12.6 Å². The van der Waals surface area contributed by atoms with Crippen molar-refractivity contribution in [3.05, 3.63) is 41.7 Å². The molecule has 0 aliphatic carbocycles. The summed E-state index contributed by atoms with van der Waals surface area (Å²) < 4.78 is 37.6. The Morgan fingerprint density at radius 1 is 1.27 bits per heavy atom. The molecule has 9 heteroatoms. The summed E-state index contributed by atoms with van der Waals surface area (Å²) in [5.41, 5.74) is 0.793. The average Bonchev–Trinajstić information content (AvgIpc) is 3.07. The molecule has 114 valence electrons. The molecule has 5 nitrogen and oxygen atoms in total. The lowest BCUT2D eigenvalue weighted by Gasteiger charge is -2.05. The van der Waals surface area contributed by atoms with Crippen LogP contribution in [0.2, 0.25) is 0 Å². The number of alkyl halides is 3. The molecule has 3 aromatic rings. The number of rotatable bonds is 4. The zero-order valence-electron chi connectivity index (χ0n) is 11.1. The Morgan fingerprint density at radius 3 is 2.86 bits per heavy atom. The first kappa shape index (κ1) is 14.5. The van der Waals surface area contributed by atoms with Crippen LogP contribution in [-0.2, 0) is 6.42 Å². The van der Waals surface area contributed by atoms with Crippen LogP contribution in [-0.4, -0.2) is 26.3 Å². The van der Waals surface area contributed by atoms with Crippen LogP contribution in [0.3, 0.4) is 0 Å². The number of thiazole rings is 1. The fourth-order valence-corrected chi connectivity index (χ4v) is 2.59. The van der Waals surface area contributed by atoms with Crippen LogP contribution in [0.1, 0.15) is 5.69 Å². The Bertz CT molecular complexity index is 750. The average molecular weight is 325 g/mol. The molecule has 0 saturated heterocycles. The van der Waals surface area contributed by atoms with Crippen molar-refractivity contribution < 1.29 is 13.2 Å². The van der Waals surface area contributed by atoms with Gasteiger partial charge in [-0.15, -0.1) is 11.3 Å². The Kier molecular flexibility index (Phi) is 3.80. The van der Waals surface area contributed by atoms with E-state index in [2.05, 4.69) is 25.5 Å². The number of hydrogen-bond acceptors (Lipinski definition) is 5. The smallest absolute Gasteiger partial charge is 0.316 e. The number of hydrogen-bond donors (Lipinski definition) is 2. The largest absolute Gasteiger partial charge is 0.394 e. The maximum Gasteiger partial charge on any atom is 0.394 e. The Balaban J connectivity index is 1.81. The van der Waals surface area contributed by atoms with Crippen molar-refractivity contribution in [2.45, 2.75) is 12.6 Å².